The molecule has 0 aromatic heterocycles. The number of carbonyl (C=O) groups is 1. The molecule has 2 atom stereocenters. The van der Waals surface area contributed by atoms with Crippen molar-refractivity contribution in [3.63, 3.8) is 0 Å². The van der Waals surface area contributed by atoms with Crippen LogP contribution >= 0.6 is 0 Å². The van der Waals surface area contributed by atoms with Crippen molar-refractivity contribution in [3.8, 4) is 11.8 Å². The Balaban J connectivity index is 2.12. The first-order valence-corrected chi connectivity index (χ1v) is 5.72. The number of rotatable bonds is 2. The largest absolute Gasteiger partial charge is 0.384 e. The lowest BCUT2D eigenvalue weighted by atomic mass is 10.1. The van der Waals surface area contributed by atoms with Crippen molar-refractivity contribution in [1.29, 1.82) is 0 Å². The zero-order chi connectivity index (χ0) is 12.3. The molecule has 1 amide bonds. The van der Waals surface area contributed by atoms with Crippen molar-refractivity contribution < 1.29 is 9.90 Å². The third kappa shape index (κ3) is 2.86. The smallest absolute Gasteiger partial charge is 0.227 e. The van der Waals surface area contributed by atoms with Crippen LogP contribution in [0, 0.1) is 23.7 Å². The van der Waals surface area contributed by atoms with E-state index in [1.165, 1.54) is 0 Å². The Morgan fingerprint density at radius 1 is 1.53 bits per heavy atom. The molecule has 1 aliphatic rings. The molecule has 1 aromatic rings. The molecule has 1 aromatic carbocycles. The second-order valence-corrected chi connectivity index (χ2v) is 4.31. The van der Waals surface area contributed by atoms with Crippen LogP contribution in [0.1, 0.15) is 18.9 Å². The minimum atomic E-state index is -0.179. The molecule has 0 bridgehead atoms. The van der Waals surface area contributed by atoms with Gasteiger partial charge in [0.25, 0.3) is 0 Å². The van der Waals surface area contributed by atoms with Gasteiger partial charge in [-0.15, -0.1) is 0 Å². The van der Waals surface area contributed by atoms with Crippen LogP contribution < -0.4 is 5.32 Å². The minimum Gasteiger partial charge on any atom is -0.384 e. The fraction of sp³-hybridized carbons (Fsp3) is 0.357. The number of nitrogens with one attached hydrogen (secondary N) is 1. The van der Waals surface area contributed by atoms with Gasteiger partial charge >= 0.3 is 0 Å². The van der Waals surface area contributed by atoms with Crippen LogP contribution in [-0.2, 0) is 4.79 Å². The Morgan fingerprint density at radius 2 is 2.24 bits per heavy atom. The summed E-state index contributed by atoms with van der Waals surface area (Å²) in [6, 6.07) is 7.37. The van der Waals surface area contributed by atoms with Gasteiger partial charge in [-0.1, -0.05) is 30.9 Å². The van der Waals surface area contributed by atoms with Crippen LogP contribution in [-0.4, -0.2) is 17.6 Å². The maximum Gasteiger partial charge on any atom is 0.227 e. The summed E-state index contributed by atoms with van der Waals surface area (Å²) >= 11 is 0. The second-order valence-electron chi connectivity index (χ2n) is 4.31. The third-order valence-electron chi connectivity index (χ3n) is 2.93. The van der Waals surface area contributed by atoms with Crippen molar-refractivity contribution in [2.45, 2.75) is 13.3 Å². The summed E-state index contributed by atoms with van der Waals surface area (Å²) in [6.45, 7) is 1.89. The summed E-state index contributed by atoms with van der Waals surface area (Å²) in [5.41, 5.74) is 1.46. The predicted octanol–water partition coefficient (Wildman–Crippen LogP) is 1.62. The predicted molar refractivity (Wildman–Crippen MR) is 66.3 cm³/mol. The van der Waals surface area contributed by atoms with Crippen molar-refractivity contribution in [2.75, 3.05) is 11.9 Å². The van der Waals surface area contributed by atoms with Crippen molar-refractivity contribution in [2.24, 2.45) is 11.8 Å². The van der Waals surface area contributed by atoms with E-state index in [0.717, 1.165) is 17.7 Å². The van der Waals surface area contributed by atoms with Gasteiger partial charge in [0.15, 0.2) is 0 Å². The van der Waals surface area contributed by atoms with E-state index < -0.39 is 0 Å². The SMILES string of the molecule is CC1CC1C(=O)Nc1ccccc1C#CCO. The molecule has 2 N–H and O–H groups in total. The first-order valence-electron chi connectivity index (χ1n) is 5.72. The number of benzene rings is 1. The molecule has 0 radical (unpaired) electrons. The van der Waals surface area contributed by atoms with Gasteiger partial charge in [0, 0.05) is 11.5 Å². The standard InChI is InChI=1S/C14H15NO2/c1-10-9-12(10)14(17)15-13-7-3-2-5-11(13)6-4-8-16/h2-3,5,7,10,12,16H,8-9H2,1H3,(H,15,17). The summed E-state index contributed by atoms with van der Waals surface area (Å²) < 4.78 is 0. The average Bonchev–Trinajstić information content (AvgIpc) is 3.05. The monoisotopic (exact) mass is 229 g/mol. The zero-order valence-corrected chi connectivity index (χ0v) is 9.73. The highest BCUT2D eigenvalue weighted by atomic mass is 16.2. The van der Waals surface area contributed by atoms with E-state index in [1.807, 2.05) is 24.3 Å². The maximum absolute atomic E-state index is 11.8. The topological polar surface area (TPSA) is 49.3 Å². The van der Waals surface area contributed by atoms with Gasteiger partial charge in [-0.2, -0.15) is 0 Å². The molecule has 3 heteroatoms. The average molecular weight is 229 g/mol. The molecule has 3 nitrogen and oxygen atoms in total. The fourth-order valence-corrected chi connectivity index (χ4v) is 1.75. The van der Waals surface area contributed by atoms with Crippen LogP contribution in [0.5, 0.6) is 0 Å². The Hall–Kier alpha value is -1.79. The maximum atomic E-state index is 11.8. The van der Waals surface area contributed by atoms with Gasteiger partial charge in [0.2, 0.25) is 5.91 Å². The van der Waals surface area contributed by atoms with E-state index in [9.17, 15) is 4.79 Å². The van der Waals surface area contributed by atoms with Crippen LogP contribution in [0.25, 0.3) is 0 Å². The highest BCUT2D eigenvalue weighted by Gasteiger charge is 2.39. The van der Waals surface area contributed by atoms with Crippen LogP contribution in [0.15, 0.2) is 24.3 Å². The minimum absolute atomic E-state index is 0.0655. The normalized spacial score (nSPS) is 21.3. The van der Waals surface area contributed by atoms with Crippen LogP contribution in [0.2, 0.25) is 0 Å². The molecule has 1 aliphatic carbocycles. The van der Waals surface area contributed by atoms with E-state index in [4.69, 9.17) is 5.11 Å². The number of hydrogen-bond donors (Lipinski definition) is 2. The van der Waals surface area contributed by atoms with E-state index in [0.29, 0.717) is 5.92 Å². The summed E-state index contributed by atoms with van der Waals surface area (Å²) in [6.07, 6.45) is 0.969. The molecule has 17 heavy (non-hydrogen) atoms. The lowest BCUT2D eigenvalue weighted by Crippen LogP contribution is -2.15. The fourth-order valence-electron chi connectivity index (χ4n) is 1.75. The van der Waals surface area contributed by atoms with Crippen LogP contribution in [0.3, 0.4) is 0 Å². The van der Waals surface area contributed by atoms with E-state index in [-0.39, 0.29) is 18.4 Å². The number of aliphatic hydroxyl groups excluding tert-OH is 1. The number of anilines is 1. The van der Waals surface area contributed by atoms with Crippen molar-refractivity contribution in [3.05, 3.63) is 29.8 Å². The van der Waals surface area contributed by atoms with Gasteiger partial charge in [-0.05, 0) is 24.5 Å². The molecule has 2 rings (SSSR count). The van der Waals surface area contributed by atoms with Crippen molar-refractivity contribution in [1.82, 2.24) is 0 Å². The lowest BCUT2D eigenvalue weighted by Gasteiger charge is -2.06. The molecule has 1 fully saturated rings. The number of amides is 1. The van der Waals surface area contributed by atoms with Gasteiger partial charge < -0.3 is 10.4 Å². The van der Waals surface area contributed by atoms with Crippen LogP contribution in [0.4, 0.5) is 5.69 Å². The molecular weight excluding hydrogens is 214 g/mol. The van der Waals surface area contributed by atoms with E-state index in [1.54, 1.807) is 0 Å². The summed E-state index contributed by atoms with van der Waals surface area (Å²) in [5, 5.41) is 11.6. The summed E-state index contributed by atoms with van der Waals surface area (Å²) in [7, 11) is 0. The van der Waals surface area contributed by atoms with Gasteiger partial charge in [0.1, 0.15) is 6.61 Å². The van der Waals surface area contributed by atoms with E-state index >= 15 is 0 Å². The molecule has 0 spiro atoms. The van der Waals surface area contributed by atoms with Crippen molar-refractivity contribution >= 4 is 11.6 Å². The van der Waals surface area contributed by atoms with E-state index in [2.05, 4.69) is 24.1 Å². The second kappa shape index (κ2) is 5.03. The van der Waals surface area contributed by atoms with Gasteiger partial charge in [-0.25, -0.2) is 0 Å². The first kappa shape index (κ1) is 11.7. The number of hydrogen-bond acceptors (Lipinski definition) is 2. The quantitative estimate of drug-likeness (QED) is 0.757. The van der Waals surface area contributed by atoms with Gasteiger partial charge in [-0.3, -0.25) is 4.79 Å². The third-order valence-corrected chi connectivity index (χ3v) is 2.93. The Kier molecular flexibility index (Phi) is 3.46. The highest BCUT2D eigenvalue weighted by Crippen LogP contribution is 2.38. The highest BCUT2D eigenvalue weighted by molar-refractivity contribution is 5.95. The molecule has 88 valence electrons. The Labute approximate surface area is 101 Å². The zero-order valence-electron chi connectivity index (χ0n) is 9.73. The molecule has 1 saturated carbocycles. The molecular formula is C14H15NO2. The molecule has 0 saturated heterocycles. The number of para-hydroxylation sites is 1. The number of carbonyl (C=O) groups excluding carboxylic acids is 1. The van der Waals surface area contributed by atoms with Gasteiger partial charge in [0.05, 0.1) is 5.69 Å². The molecule has 2 unspecified atom stereocenters. The molecule has 0 aliphatic heterocycles. The summed E-state index contributed by atoms with van der Waals surface area (Å²) in [5.74, 6) is 6.11. The Morgan fingerprint density at radius 3 is 2.88 bits per heavy atom. The number of aliphatic hydroxyl groups is 1. The molecule has 0 heterocycles. The lowest BCUT2D eigenvalue weighted by molar-refractivity contribution is -0.117. The summed E-state index contributed by atoms with van der Waals surface area (Å²) in [4.78, 5) is 11.8. The Bertz CT molecular complexity index is 484. The first-order chi connectivity index (χ1) is 8.22.